The van der Waals surface area contributed by atoms with Crippen molar-refractivity contribution >= 4 is 0 Å². The maximum Gasteiger partial charge on any atom is 0.0492 e. The lowest BCUT2D eigenvalue weighted by Crippen LogP contribution is -2.05. The van der Waals surface area contributed by atoms with Gasteiger partial charge in [-0.3, -0.25) is 4.68 Å². The van der Waals surface area contributed by atoms with Crippen molar-refractivity contribution in [1.29, 1.82) is 0 Å². The van der Waals surface area contributed by atoms with Crippen LogP contribution >= 0.6 is 0 Å². The van der Waals surface area contributed by atoms with Gasteiger partial charge in [0, 0.05) is 18.4 Å². The average molecular weight is 236 g/mol. The molecule has 2 nitrogen and oxygen atoms in total. The Hall–Kier alpha value is -0.790. The summed E-state index contributed by atoms with van der Waals surface area (Å²) in [6, 6.07) is 2.17. The summed E-state index contributed by atoms with van der Waals surface area (Å²) in [4.78, 5) is 0. The number of hydrogen-bond acceptors (Lipinski definition) is 1. The SMILES string of the molecule is CCCCCCCCn1nccc1CCCC. The highest BCUT2D eigenvalue weighted by atomic mass is 15.3. The molecule has 0 fully saturated rings. The van der Waals surface area contributed by atoms with Crippen LogP contribution in [0.25, 0.3) is 0 Å². The summed E-state index contributed by atoms with van der Waals surface area (Å²) in [5, 5.41) is 4.42. The summed E-state index contributed by atoms with van der Waals surface area (Å²) < 4.78 is 2.20. The van der Waals surface area contributed by atoms with Crippen LogP contribution in [0, 0.1) is 0 Å². The van der Waals surface area contributed by atoms with E-state index in [-0.39, 0.29) is 0 Å². The summed E-state index contributed by atoms with van der Waals surface area (Å²) in [7, 11) is 0. The van der Waals surface area contributed by atoms with Crippen LogP contribution in [0.15, 0.2) is 12.3 Å². The fraction of sp³-hybridized carbons (Fsp3) is 0.800. The molecule has 2 heteroatoms. The Bertz CT molecular complexity index is 278. The molecule has 0 unspecified atom stereocenters. The van der Waals surface area contributed by atoms with Crippen LogP contribution in [0.4, 0.5) is 0 Å². The topological polar surface area (TPSA) is 17.8 Å². The highest BCUT2D eigenvalue weighted by Crippen LogP contribution is 2.09. The first-order chi connectivity index (χ1) is 8.38. The van der Waals surface area contributed by atoms with Crippen LogP contribution in [0.1, 0.15) is 70.9 Å². The van der Waals surface area contributed by atoms with Crippen LogP contribution in [-0.4, -0.2) is 9.78 Å². The third-order valence-electron chi connectivity index (χ3n) is 3.31. The van der Waals surface area contributed by atoms with Crippen molar-refractivity contribution in [1.82, 2.24) is 9.78 Å². The standard InChI is InChI=1S/C15H28N2/c1-3-5-7-8-9-10-14-17-15(11-6-4-2)12-13-16-17/h12-13H,3-11,14H2,1-2H3. The molecule has 0 amide bonds. The minimum Gasteiger partial charge on any atom is -0.270 e. The molecule has 1 rings (SSSR count). The van der Waals surface area contributed by atoms with Gasteiger partial charge in [0.1, 0.15) is 0 Å². The highest BCUT2D eigenvalue weighted by molar-refractivity contribution is 5.00. The molecule has 0 spiro atoms. The van der Waals surface area contributed by atoms with E-state index in [9.17, 15) is 0 Å². The zero-order valence-corrected chi connectivity index (χ0v) is 11.6. The van der Waals surface area contributed by atoms with Crippen LogP contribution in [0.3, 0.4) is 0 Å². The number of aromatic nitrogens is 2. The number of unbranched alkanes of at least 4 members (excludes halogenated alkanes) is 6. The summed E-state index contributed by atoms with van der Waals surface area (Å²) in [5.41, 5.74) is 1.42. The molecule has 1 heterocycles. The lowest BCUT2D eigenvalue weighted by Gasteiger charge is -2.07. The largest absolute Gasteiger partial charge is 0.270 e. The van der Waals surface area contributed by atoms with Crippen molar-refractivity contribution in [2.75, 3.05) is 0 Å². The molecule has 98 valence electrons. The Labute approximate surface area is 106 Å². The minimum absolute atomic E-state index is 1.11. The summed E-state index contributed by atoms with van der Waals surface area (Å²) in [6.07, 6.45) is 13.8. The van der Waals surface area contributed by atoms with Crippen molar-refractivity contribution in [3.63, 3.8) is 0 Å². The highest BCUT2D eigenvalue weighted by Gasteiger charge is 2.01. The maximum atomic E-state index is 4.42. The fourth-order valence-electron chi connectivity index (χ4n) is 2.17. The average Bonchev–Trinajstić information content (AvgIpc) is 2.78. The molecule has 0 bridgehead atoms. The maximum absolute atomic E-state index is 4.42. The van der Waals surface area contributed by atoms with Gasteiger partial charge in [0.2, 0.25) is 0 Å². The van der Waals surface area contributed by atoms with Gasteiger partial charge in [-0.05, 0) is 25.3 Å². The molecule has 1 aromatic heterocycles. The lowest BCUT2D eigenvalue weighted by molar-refractivity contribution is 0.510. The van der Waals surface area contributed by atoms with Crippen molar-refractivity contribution < 1.29 is 0 Å². The van der Waals surface area contributed by atoms with E-state index in [1.807, 2.05) is 6.20 Å². The second-order valence-corrected chi connectivity index (χ2v) is 4.92. The van der Waals surface area contributed by atoms with Crippen molar-refractivity contribution in [2.24, 2.45) is 0 Å². The van der Waals surface area contributed by atoms with Crippen LogP contribution in [0.2, 0.25) is 0 Å². The van der Waals surface area contributed by atoms with Gasteiger partial charge in [0.15, 0.2) is 0 Å². The third-order valence-corrected chi connectivity index (χ3v) is 3.31. The van der Waals surface area contributed by atoms with E-state index in [1.165, 1.54) is 63.5 Å². The van der Waals surface area contributed by atoms with Gasteiger partial charge in [-0.25, -0.2) is 0 Å². The second-order valence-electron chi connectivity index (χ2n) is 4.92. The Morgan fingerprint density at radius 2 is 1.65 bits per heavy atom. The van der Waals surface area contributed by atoms with Crippen molar-refractivity contribution in [2.45, 2.75) is 78.2 Å². The number of rotatable bonds is 10. The molecule has 0 aliphatic carbocycles. The van der Waals surface area contributed by atoms with E-state index in [4.69, 9.17) is 0 Å². The molecule has 1 aromatic rings. The van der Waals surface area contributed by atoms with Gasteiger partial charge in [-0.15, -0.1) is 0 Å². The quantitative estimate of drug-likeness (QED) is 0.543. The molecule has 0 saturated heterocycles. The first kappa shape index (κ1) is 14.3. The number of aryl methyl sites for hydroxylation is 2. The third kappa shape index (κ3) is 5.90. The molecule has 17 heavy (non-hydrogen) atoms. The molecule has 0 aliphatic heterocycles. The molecule has 0 aromatic carbocycles. The Kier molecular flexibility index (Phi) is 7.78. The Morgan fingerprint density at radius 1 is 0.941 bits per heavy atom. The van der Waals surface area contributed by atoms with E-state index >= 15 is 0 Å². The van der Waals surface area contributed by atoms with E-state index in [1.54, 1.807) is 0 Å². The first-order valence-electron chi connectivity index (χ1n) is 7.39. The molecular weight excluding hydrogens is 208 g/mol. The number of nitrogens with zero attached hydrogens (tertiary/aromatic N) is 2. The summed E-state index contributed by atoms with van der Waals surface area (Å²) in [5.74, 6) is 0. The monoisotopic (exact) mass is 236 g/mol. The molecule has 0 aliphatic rings. The Balaban J connectivity index is 2.15. The smallest absolute Gasteiger partial charge is 0.0492 e. The van der Waals surface area contributed by atoms with Gasteiger partial charge in [-0.1, -0.05) is 52.4 Å². The minimum atomic E-state index is 1.11. The molecule has 0 N–H and O–H groups in total. The van der Waals surface area contributed by atoms with Gasteiger partial charge < -0.3 is 0 Å². The van der Waals surface area contributed by atoms with Gasteiger partial charge >= 0.3 is 0 Å². The second kappa shape index (κ2) is 9.26. The van der Waals surface area contributed by atoms with Gasteiger partial charge in [0.05, 0.1) is 0 Å². The summed E-state index contributed by atoms with van der Waals surface area (Å²) >= 11 is 0. The fourth-order valence-corrected chi connectivity index (χ4v) is 2.17. The van der Waals surface area contributed by atoms with Gasteiger partial charge in [0.25, 0.3) is 0 Å². The predicted molar refractivity (Wildman–Crippen MR) is 74.2 cm³/mol. The Morgan fingerprint density at radius 3 is 2.41 bits per heavy atom. The lowest BCUT2D eigenvalue weighted by atomic mass is 10.1. The molecular formula is C15H28N2. The van der Waals surface area contributed by atoms with Crippen LogP contribution in [-0.2, 0) is 13.0 Å². The molecule has 0 radical (unpaired) electrons. The zero-order chi connectivity index (χ0) is 12.3. The zero-order valence-electron chi connectivity index (χ0n) is 11.6. The molecule has 0 saturated carbocycles. The predicted octanol–water partition coefficient (Wildman–Crippen LogP) is 4.59. The van der Waals surface area contributed by atoms with Crippen LogP contribution < -0.4 is 0 Å². The molecule has 0 atom stereocenters. The van der Waals surface area contributed by atoms with Crippen molar-refractivity contribution in [3.05, 3.63) is 18.0 Å². The van der Waals surface area contributed by atoms with Crippen molar-refractivity contribution in [3.8, 4) is 0 Å². The van der Waals surface area contributed by atoms with E-state index in [0.29, 0.717) is 0 Å². The van der Waals surface area contributed by atoms with E-state index < -0.39 is 0 Å². The normalized spacial score (nSPS) is 10.9. The number of hydrogen-bond donors (Lipinski definition) is 0. The van der Waals surface area contributed by atoms with E-state index in [2.05, 4.69) is 29.7 Å². The van der Waals surface area contributed by atoms with Gasteiger partial charge in [-0.2, -0.15) is 5.10 Å². The van der Waals surface area contributed by atoms with Crippen LogP contribution in [0.5, 0.6) is 0 Å². The first-order valence-corrected chi connectivity index (χ1v) is 7.39. The van der Waals surface area contributed by atoms with E-state index in [0.717, 1.165) is 6.54 Å². The summed E-state index contributed by atoms with van der Waals surface area (Å²) in [6.45, 7) is 5.62.